The fraction of sp³-hybridized carbons (Fsp3) is 0.794. The molecule has 4 N–H and O–H groups in total. The molecule has 3 saturated carbocycles. The monoisotopic (exact) mass is 619 g/mol. The van der Waals surface area contributed by atoms with E-state index in [1.54, 1.807) is 11.0 Å². The molecule has 3 amide bonds. The number of rotatable bonds is 6. The lowest BCUT2D eigenvalue weighted by Gasteiger charge is -2.34. The lowest BCUT2D eigenvalue weighted by molar-refractivity contribution is -0.142. The summed E-state index contributed by atoms with van der Waals surface area (Å²) < 4.78 is 0. The standard InChI is InChI=1S/C28H45N5O3.2C2H6.2CH2O/c1-7-18-15-28(18,23(36)31-32-13-8-9-14-32)30-21(34)19-16-27(25(5,6)26(27)11-10-12-26)17-33(19)22(35)20(29)24(2,3)4;4*1-2/h7,18-20H,1,8-17,29H2,2-6H3,(H,30,34)(H,31,36);2*1-2H3;2*1H2/t18-,19+,20-,27-,28-;;;;/m1..../s1. The van der Waals surface area contributed by atoms with E-state index in [9.17, 15) is 14.4 Å². The molecule has 2 spiro atoms. The van der Waals surface area contributed by atoms with E-state index in [-0.39, 0.29) is 39.9 Å². The molecule has 5 fully saturated rings. The molecular weight excluding hydrogens is 558 g/mol. The molecule has 0 aromatic rings. The smallest absolute Gasteiger partial charge is 0.260 e. The van der Waals surface area contributed by atoms with Gasteiger partial charge in [-0.15, -0.1) is 6.58 Å². The Morgan fingerprint density at radius 2 is 1.43 bits per heavy atom. The molecule has 2 saturated heterocycles. The van der Waals surface area contributed by atoms with Crippen LogP contribution in [-0.2, 0) is 24.0 Å². The Balaban J connectivity index is 0.00000112. The molecule has 0 unspecified atom stereocenters. The van der Waals surface area contributed by atoms with Crippen LogP contribution in [0.2, 0.25) is 0 Å². The summed E-state index contributed by atoms with van der Waals surface area (Å²) in [6, 6.07) is -1.32. The van der Waals surface area contributed by atoms with Gasteiger partial charge in [-0.1, -0.05) is 74.8 Å². The number of hydrogen-bond donors (Lipinski definition) is 3. The summed E-state index contributed by atoms with van der Waals surface area (Å²) in [6.07, 6.45) is 8.55. The summed E-state index contributed by atoms with van der Waals surface area (Å²) in [6.45, 7) is 28.6. The lowest BCUT2D eigenvalue weighted by Crippen LogP contribution is -2.59. The van der Waals surface area contributed by atoms with Crippen molar-refractivity contribution in [3.8, 4) is 0 Å². The number of nitrogens with zero attached hydrogens (tertiary/aromatic N) is 2. The van der Waals surface area contributed by atoms with Gasteiger partial charge in [-0.3, -0.25) is 19.8 Å². The molecule has 2 heterocycles. The maximum absolute atomic E-state index is 14.0. The maximum Gasteiger partial charge on any atom is 0.260 e. The molecule has 5 atom stereocenters. The van der Waals surface area contributed by atoms with Crippen LogP contribution in [0.25, 0.3) is 0 Å². The largest absolute Gasteiger partial charge is 0.339 e. The highest BCUT2D eigenvalue weighted by atomic mass is 16.2. The number of hydrogen-bond acceptors (Lipinski definition) is 7. The highest BCUT2D eigenvalue weighted by Gasteiger charge is 2.85. The Hall–Kier alpha value is -2.59. The molecule has 5 rings (SSSR count). The van der Waals surface area contributed by atoms with Crippen LogP contribution in [0.5, 0.6) is 0 Å². The van der Waals surface area contributed by atoms with E-state index in [2.05, 4.69) is 31.2 Å². The van der Waals surface area contributed by atoms with Gasteiger partial charge in [0, 0.05) is 31.0 Å². The van der Waals surface area contributed by atoms with Gasteiger partial charge in [-0.2, -0.15) is 0 Å². The molecule has 3 aliphatic carbocycles. The van der Waals surface area contributed by atoms with E-state index in [0.29, 0.717) is 19.4 Å². The van der Waals surface area contributed by atoms with E-state index >= 15 is 0 Å². The minimum atomic E-state index is -0.995. The molecule has 0 aromatic heterocycles. The summed E-state index contributed by atoms with van der Waals surface area (Å²) in [5.41, 5.74) is 8.26. The summed E-state index contributed by atoms with van der Waals surface area (Å²) in [7, 11) is 0. The van der Waals surface area contributed by atoms with Crippen LogP contribution in [-0.4, -0.2) is 78.5 Å². The van der Waals surface area contributed by atoms with Gasteiger partial charge in [-0.05, 0) is 54.8 Å². The molecule has 10 nitrogen and oxygen atoms in total. The second-order valence-corrected chi connectivity index (χ2v) is 13.8. The first-order chi connectivity index (χ1) is 20.8. The molecule has 0 aromatic carbocycles. The van der Waals surface area contributed by atoms with Crippen LogP contribution in [0, 0.1) is 27.6 Å². The number of carbonyl (C=O) groups excluding carboxylic acids is 5. The van der Waals surface area contributed by atoms with Crippen LogP contribution >= 0.6 is 0 Å². The highest BCUT2D eigenvalue weighted by Crippen LogP contribution is 2.88. The van der Waals surface area contributed by atoms with Crippen molar-refractivity contribution in [1.82, 2.24) is 20.7 Å². The van der Waals surface area contributed by atoms with Crippen molar-refractivity contribution in [3.63, 3.8) is 0 Å². The minimum Gasteiger partial charge on any atom is -0.339 e. The normalized spacial score (nSPS) is 30.6. The SMILES string of the molecule is C=C[C@@H]1C[C@]1(NC(=O)[C@@H]1C[C@@]2(CN1C(=O)[C@@H](N)C(C)(C)C)C(C)(C)C21CCC1)C(=O)NN1CCCC1.C=O.C=O.CC.CC. The molecule has 5 aliphatic rings. The predicted octanol–water partition coefficient (Wildman–Crippen LogP) is 4.03. The average Bonchev–Trinajstić information content (AvgIpc) is 3.49. The summed E-state index contributed by atoms with van der Waals surface area (Å²) >= 11 is 0. The number of carbonyl (C=O) groups is 5. The van der Waals surface area contributed by atoms with Crippen molar-refractivity contribution >= 4 is 31.3 Å². The van der Waals surface area contributed by atoms with Crippen molar-refractivity contribution in [2.75, 3.05) is 19.6 Å². The van der Waals surface area contributed by atoms with Gasteiger partial charge in [0.05, 0.1) is 6.04 Å². The van der Waals surface area contributed by atoms with Gasteiger partial charge in [0.2, 0.25) is 11.8 Å². The average molecular weight is 620 g/mol. The van der Waals surface area contributed by atoms with Crippen LogP contribution in [0.3, 0.4) is 0 Å². The first-order valence-corrected chi connectivity index (χ1v) is 16.4. The Kier molecular flexibility index (Phi) is 13.6. The molecular formula is C34H61N5O5. The van der Waals surface area contributed by atoms with E-state index in [4.69, 9.17) is 15.3 Å². The highest BCUT2D eigenvalue weighted by molar-refractivity contribution is 5.98. The van der Waals surface area contributed by atoms with E-state index < -0.39 is 23.0 Å². The van der Waals surface area contributed by atoms with Crippen molar-refractivity contribution in [1.29, 1.82) is 0 Å². The van der Waals surface area contributed by atoms with E-state index in [0.717, 1.165) is 38.8 Å². The molecule has 2 aliphatic heterocycles. The topological polar surface area (TPSA) is 142 Å². The third kappa shape index (κ3) is 6.39. The van der Waals surface area contributed by atoms with E-state index in [1.165, 1.54) is 6.42 Å². The lowest BCUT2D eigenvalue weighted by atomic mass is 9.73. The number of nitrogens with one attached hydrogen (secondary N) is 2. The predicted molar refractivity (Wildman–Crippen MR) is 175 cm³/mol. The van der Waals surface area contributed by atoms with Gasteiger partial charge in [0.25, 0.3) is 5.91 Å². The van der Waals surface area contributed by atoms with Gasteiger partial charge >= 0.3 is 0 Å². The number of amides is 3. The fourth-order valence-corrected chi connectivity index (χ4v) is 8.02. The Labute approximate surface area is 266 Å². The maximum atomic E-state index is 14.0. The quantitative estimate of drug-likeness (QED) is 0.381. The van der Waals surface area contributed by atoms with Gasteiger partial charge in [0.15, 0.2) is 0 Å². The van der Waals surface area contributed by atoms with Gasteiger partial charge in [-0.25, -0.2) is 5.01 Å². The van der Waals surface area contributed by atoms with Crippen LogP contribution in [0.1, 0.15) is 107 Å². The van der Waals surface area contributed by atoms with Gasteiger partial charge in [0.1, 0.15) is 25.2 Å². The van der Waals surface area contributed by atoms with Crippen molar-refractivity contribution in [3.05, 3.63) is 12.7 Å². The Morgan fingerprint density at radius 1 is 0.909 bits per heavy atom. The number of hydrazine groups is 1. The number of fused-ring (bicyclic) bond motifs is 1. The first kappa shape index (κ1) is 39.4. The van der Waals surface area contributed by atoms with Crippen LogP contribution in [0.4, 0.5) is 0 Å². The molecule has 252 valence electrons. The molecule has 0 bridgehead atoms. The summed E-state index contributed by atoms with van der Waals surface area (Å²) in [4.78, 5) is 58.8. The number of nitrogens with two attached hydrogens (primary N) is 1. The summed E-state index contributed by atoms with van der Waals surface area (Å²) in [5, 5.41) is 5.05. The summed E-state index contributed by atoms with van der Waals surface area (Å²) in [5.74, 6) is -0.694. The second kappa shape index (κ2) is 15.1. The zero-order valence-electron chi connectivity index (χ0n) is 29.0. The molecule has 10 heteroatoms. The Morgan fingerprint density at radius 3 is 1.82 bits per heavy atom. The molecule has 44 heavy (non-hydrogen) atoms. The minimum absolute atomic E-state index is 0.0696. The zero-order valence-corrected chi connectivity index (χ0v) is 29.0. The third-order valence-electron chi connectivity index (χ3n) is 11.0. The molecule has 0 radical (unpaired) electrons. The third-order valence-corrected chi connectivity index (χ3v) is 11.0. The van der Waals surface area contributed by atoms with Crippen LogP contribution < -0.4 is 16.5 Å². The van der Waals surface area contributed by atoms with E-state index in [1.807, 2.05) is 67.1 Å². The van der Waals surface area contributed by atoms with Crippen molar-refractivity contribution in [2.24, 2.45) is 33.3 Å². The second-order valence-electron chi connectivity index (χ2n) is 13.8. The Bertz CT molecular complexity index is 1010. The number of likely N-dealkylation sites (tertiary alicyclic amines) is 1. The fourth-order valence-electron chi connectivity index (χ4n) is 8.02. The van der Waals surface area contributed by atoms with Crippen molar-refractivity contribution < 1.29 is 24.0 Å². The van der Waals surface area contributed by atoms with Gasteiger partial charge < -0.3 is 25.5 Å². The van der Waals surface area contributed by atoms with Crippen LogP contribution in [0.15, 0.2) is 12.7 Å². The van der Waals surface area contributed by atoms with Crippen molar-refractivity contribution in [2.45, 2.75) is 125 Å². The first-order valence-electron chi connectivity index (χ1n) is 16.4. The zero-order chi connectivity index (χ0) is 34.3.